The van der Waals surface area contributed by atoms with Crippen molar-refractivity contribution in [1.82, 2.24) is 57.2 Å². The average molecular weight is 1180 g/mol. The minimum absolute atomic E-state index is 0.0157. The molecule has 7 amide bonds. The monoisotopic (exact) mass is 1180 g/mol. The van der Waals surface area contributed by atoms with Crippen LogP contribution in [0.5, 0.6) is 0 Å². The predicted molar refractivity (Wildman–Crippen MR) is 291 cm³/mol. The fraction of sp³-hybridized carbons (Fsp3) is 0.480. The van der Waals surface area contributed by atoms with Crippen molar-refractivity contribution in [2.45, 2.75) is 147 Å². The molecule has 0 aliphatic heterocycles. The van der Waals surface area contributed by atoms with Gasteiger partial charge in [-0.25, -0.2) is 19.6 Å². The number of fused-ring (bicyclic) bond motifs is 1. The number of carboxylic acids is 4. The summed E-state index contributed by atoms with van der Waals surface area (Å²) in [5.74, 6) is -15.5. The number of hydrogen-bond donors (Lipinski definition) is 15. The number of anilines is 2. The summed E-state index contributed by atoms with van der Waals surface area (Å²) in [5.41, 5.74) is 5.82. The van der Waals surface area contributed by atoms with Gasteiger partial charge in [-0.05, 0) is 83.6 Å². The Morgan fingerprint density at radius 2 is 0.928 bits per heavy atom. The van der Waals surface area contributed by atoms with Crippen molar-refractivity contribution < 1.29 is 87.5 Å². The number of carboxylic acid groups (broad SMARTS) is 4. The van der Waals surface area contributed by atoms with Gasteiger partial charge in [0, 0.05) is 55.5 Å². The number of benzene rings is 1. The standard InChI is InChI=1S/C50H65N13O19S/c1-23(64)4-11-29(55-36(67)17-14-34(48(79)80)60-41(72)26-7-9-27(10-8-26)52-20-28-21-53-40-39(54-28)47(78)63-50(51)62-40)42(73)58-32(15-18-37(68)69)44(75)56-30(12-5-24(2)65)43(74)59-33(16-19-38(70)71)45(76)57-31(13-6-25(3)66)46(77)61-35(22-83)49(81)82/h7-10,21,29-35,52,83H,4-6,11-20,22H2,1-3H3,(H,55,67)(H,56,75)(H,57,76)(H,58,73)(H,59,74)(H,60,72)(H,61,77)(H,68,69)(H,70,71)(H,79,80)(H,81,82)(H3,51,53,62,63,78)/t29-,30-,31-,32+,33+,34+,35-/m0/s1. The van der Waals surface area contributed by atoms with E-state index in [0.717, 1.165) is 6.92 Å². The number of nitrogens with zero attached hydrogens (tertiary/aromatic N) is 3. The van der Waals surface area contributed by atoms with Gasteiger partial charge in [-0.3, -0.25) is 52.9 Å². The van der Waals surface area contributed by atoms with Gasteiger partial charge in [-0.1, -0.05) is 0 Å². The van der Waals surface area contributed by atoms with Crippen molar-refractivity contribution in [3.8, 4) is 0 Å². The normalized spacial score (nSPS) is 13.4. The minimum Gasteiger partial charge on any atom is -0.481 e. The quantitative estimate of drug-likeness (QED) is 0.0268. The highest BCUT2D eigenvalue weighted by atomic mass is 32.1. The maximum Gasteiger partial charge on any atom is 0.327 e. The van der Waals surface area contributed by atoms with Crippen LogP contribution in [-0.4, -0.2) is 171 Å². The number of nitrogen functional groups attached to an aromatic ring is 1. The van der Waals surface area contributed by atoms with Gasteiger partial charge < -0.3 is 83.1 Å². The molecule has 2 heterocycles. The van der Waals surface area contributed by atoms with Crippen LogP contribution in [0.15, 0.2) is 35.3 Å². The third-order valence-electron chi connectivity index (χ3n) is 12.0. The molecule has 0 aliphatic carbocycles. The summed E-state index contributed by atoms with van der Waals surface area (Å²) < 4.78 is 0. The van der Waals surface area contributed by atoms with Crippen LogP contribution in [0.3, 0.4) is 0 Å². The van der Waals surface area contributed by atoms with E-state index < -0.39 is 188 Å². The zero-order valence-corrected chi connectivity index (χ0v) is 46.0. The molecule has 0 radical (unpaired) electrons. The Morgan fingerprint density at radius 1 is 0.530 bits per heavy atom. The molecule has 7 atom stereocenters. The fourth-order valence-electron chi connectivity index (χ4n) is 7.50. The fourth-order valence-corrected chi connectivity index (χ4v) is 7.75. The van der Waals surface area contributed by atoms with Gasteiger partial charge in [0.2, 0.25) is 41.4 Å². The SMILES string of the molecule is CC(=O)CC[C@H](NC(=O)CC[C@@H](NC(=O)c1ccc(NCc2cnc3nc(N)[nH]c(=O)c3n2)cc1)C(=O)O)C(=O)N[C@H](CCC(=O)O)C(=O)N[C@@H](CCC(C)=O)C(=O)N[C@H](CCC(=O)O)C(=O)N[C@@H](CCC(C)=O)C(=O)N[C@@H](CS)C(=O)O. The van der Waals surface area contributed by atoms with Gasteiger partial charge in [-0.15, -0.1) is 0 Å². The van der Waals surface area contributed by atoms with E-state index in [-0.39, 0.29) is 54.2 Å². The summed E-state index contributed by atoms with van der Waals surface area (Å²) >= 11 is 3.88. The molecule has 1 aromatic carbocycles. The Bertz CT molecular complexity index is 2990. The van der Waals surface area contributed by atoms with E-state index in [1.807, 2.05) is 0 Å². The van der Waals surface area contributed by atoms with E-state index in [4.69, 9.17) is 5.73 Å². The van der Waals surface area contributed by atoms with Crippen LogP contribution >= 0.6 is 12.6 Å². The first kappa shape index (κ1) is 67.8. The number of amides is 7. The molecule has 3 rings (SSSR count). The highest BCUT2D eigenvalue weighted by Gasteiger charge is 2.34. The Kier molecular flexibility index (Phi) is 27.3. The van der Waals surface area contributed by atoms with Gasteiger partial charge in [0.05, 0.1) is 18.4 Å². The van der Waals surface area contributed by atoms with Crippen molar-refractivity contribution in [3.05, 3.63) is 52.1 Å². The number of H-pyrrole nitrogens is 1. The van der Waals surface area contributed by atoms with E-state index in [1.165, 1.54) is 44.3 Å². The highest BCUT2D eigenvalue weighted by Crippen LogP contribution is 2.14. The molecule has 83 heavy (non-hydrogen) atoms. The van der Waals surface area contributed by atoms with Gasteiger partial charge in [-0.2, -0.15) is 17.6 Å². The highest BCUT2D eigenvalue weighted by molar-refractivity contribution is 7.80. The van der Waals surface area contributed by atoms with Crippen LogP contribution in [0.2, 0.25) is 0 Å². The van der Waals surface area contributed by atoms with Gasteiger partial charge in [0.15, 0.2) is 11.2 Å². The molecular weight excluding hydrogens is 1120 g/mol. The topological polar surface area (TPSA) is 514 Å². The summed E-state index contributed by atoms with van der Waals surface area (Å²) in [4.78, 5) is 205. The largest absolute Gasteiger partial charge is 0.481 e. The second kappa shape index (κ2) is 33.4. The lowest BCUT2D eigenvalue weighted by molar-refractivity contribution is -0.142. The summed E-state index contributed by atoms with van der Waals surface area (Å²) in [5, 5.41) is 57.3. The molecule has 32 nitrogen and oxygen atoms in total. The molecule has 33 heteroatoms. The van der Waals surface area contributed by atoms with Crippen molar-refractivity contribution in [1.29, 1.82) is 0 Å². The summed E-state index contributed by atoms with van der Waals surface area (Å²) in [6, 6.07) is -6.12. The van der Waals surface area contributed by atoms with Gasteiger partial charge in [0.25, 0.3) is 11.5 Å². The molecule has 0 bridgehead atoms. The lowest BCUT2D eigenvalue weighted by Crippen LogP contribution is -2.59. The van der Waals surface area contributed by atoms with Crippen LogP contribution < -0.4 is 53.8 Å². The molecule has 0 spiro atoms. The molecule has 15 N–H and O–H groups in total. The molecule has 450 valence electrons. The van der Waals surface area contributed by atoms with Crippen molar-refractivity contribution in [3.63, 3.8) is 0 Å². The first-order chi connectivity index (χ1) is 39.1. The first-order valence-electron chi connectivity index (χ1n) is 25.5. The van der Waals surface area contributed by atoms with Crippen LogP contribution in [-0.2, 0) is 68.9 Å². The van der Waals surface area contributed by atoms with Gasteiger partial charge >= 0.3 is 23.9 Å². The molecule has 0 aliphatic rings. The molecule has 0 saturated heterocycles. The number of carbonyl (C=O) groups excluding carboxylic acids is 10. The number of aromatic nitrogens is 4. The number of rotatable bonds is 37. The summed E-state index contributed by atoms with van der Waals surface area (Å²) in [6.07, 6.45) is -4.94. The number of ketones is 3. The Hall–Kier alpha value is -9.43. The van der Waals surface area contributed by atoms with E-state index in [9.17, 15) is 92.3 Å². The molecular formula is C50H65N13O19S. The minimum atomic E-state index is -1.83. The number of thiol groups is 1. The van der Waals surface area contributed by atoms with Crippen LogP contribution in [0.25, 0.3) is 11.2 Å². The number of carbonyl (C=O) groups is 14. The first-order valence-corrected chi connectivity index (χ1v) is 26.2. The lowest BCUT2D eigenvalue weighted by atomic mass is 10.0. The third kappa shape index (κ3) is 24.1. The number of aliphatic carboxylic acids is 4. The smallest absolute Gasteiger partial charge is 0.327 e. The molecule has 0 fully saturated rings. The number of aromatic amines is 1. The van der Waals surface area contributed by atoms with Crippen molar-refractivity contribution in [2.75, 3.05) is 16.8 Å². The zero-order valence-electron chi connectivity index (χ0n) is 45.1. The Balaban J connectivity index is 1.77. The number of Topliss-reactive ketones (excluding diaryl/α,β-unsaturated/α-hetero) is 3. The van der Waals surface area contributed by atoms with Crippen LogP contribution in [0.4, 0.5) is 11.6 Å². The van der Waals surface area contributed by atoms with E-state index in [0.29, 0.717) is 11.4 Å². The van der Waals surface area contributed by atoms with Crippen molar-refractivity contribution in [2.24, 2.45) is 0 Å². The Labute approximate surface area is 476 Å². The summed E-state index contributed by atoms with van der Waals surface area (Å²) in [7, 11) is 0. The van der Waals surface area contributed by atoms with E-state index in [2.05, 4.69) is 75.1 Å². The third-order valence-corrected chi connectivity index (χ3v) is 12.4. The second-order valence-corrected chi connectivity index (χ2v) is 19.2. The molecule has 0 saturated carbocycles. The van der Waals surface area contributed by atoms with Gasteiger partial charge in [0.1, 0.15) is 59.6 Å². The molecule has 0 unspecified atom stereocenters. The molecule has 3 aromatic rings. The second-order valence-electron chi connectivity index (χ2n) is 18.9. The van der Waals surface area contributed by atoms with Crippen LogP contribution in [0.1, 0.15) is 114 Å². The summed E-state index contributed by atoms with van der Waals surface area (Å²) in [6.45, 7) is 3.56. The maximum absolute atomic E-state index is 14.0. The average Bonchev–Trinajstić information content (AvgIpc) is 3.50. The van der Waals surface area contributed by atoms with E-state index in [1.54, 1.807) is 0 Å². The predicted octanol–water partition coefficient (Wildman–Crippen LogP) is -2.37. The van der Waals surface area contributed by atoms with Crippen molar-refractivity contribution >= 4 is 118 Å². The van der Waals surface area contributed by atoms with E-state index >= 15 is 0 Å². The maximum atomic E-state index is 14.0. The van der Waals surface area contributed by atoms with Crippen LogP contribution in [0, 0.1) is 0 Å². The Morgan fingerprint density at radius 3 is 1.33 bits per heavy atom. The molecule has 2 aromatic heterocycles. The zero-order chi connectivity index (χ0) is 62.1. The number of nitrogens with two attached hydrogens (primary N) is 1. The number of nitrogens with one attached hydrogen (secondary N) is 9. The lowest BCUT2D eigenvalue weighted by Gasteiger charge is -2.27. The number of hydrogen-bond acceptors (Lipinski definition) is 21.